The van der Waals surface area contributed by atoms with E-state index in [9.17, 15) is 13.9 Å². The number of nitrogens with two attached hydrogens (primary N) is 1. The molecule has 2 atom stereocenters. The molecule has 0 fully saturated rings. The summed E-state index contributed by atoms with van der Waals surface area (Å²) in [6.45, 7) is 5.85. The van der Waals surface area contributed by atoms with Gasteiger partial charge in [0.05, 0.1) is 6.10 Å². The molecule has 0 bridgehead atoms. The molecule has 2 nitrogen and oxygen atoms in total. The van der Waals surface area contributed by atoms with Gasteiger partial charge < -0.3 is 10.8 Å². The summed E-state index contributed by atoms with van der Waals surface area (Å²) in [7, 11) is 0. The first-order valence-corrected chi connectivity index (χ1v) is 5.60. The van der Waals surface area contributed by atoms with Crippen LogP contribution in [0.4, 0.5) is 8.78 Å². The van der Waals surface area contributed by atoms with Crippen LogP contribution in [0.2, 0.25) is 0 Å². The van der Waals surface area contributed by atoms with E-state index >= 15 is 0 Å². The number of aliphatic hydroxyl groups excluding tert-OH is 1. The lowest BCUT2D eigenvalue weighted by Crippen LogP contribution is -2.36. The van der Waals surface area contributed by atoms with E-state index in [-0.39, 0.29) is 35.8 Å². The van der Waals surface area contributed by atoms with E-state index in [0.29, 0.717) is 0 Å². The van der Waals surface area contributed by atoms with Crippen LogP contribution in [0, 0.1) is 17.0 Å². The normalized spacial score (nSPS) is 14.8. The molecule has 0 aliphatic carbocycles. The van der Waals surface area contributed by atoms with Gasteiger partial charge in [0.15, 0.2) is 0 Å². The van der Waals surface area contributed by atoms with Crippen LogP contribution in [-0.2, 0) is 0 Å². The lowest BCUT2D eigenvalue weighted by Gasteiger charge is -2.29. The third-order valence-corrected chi connectivity index (χ3v) is 2.91. The molecule has 0 heterocycles. The SMILES string of the molecule is CC(C)(C)[C@@H](N)C[C@@H](O)c1ccc(F)cc1F.Cl. The highest BCUT2D eigenvalue weighted by Crippen LogP contribution is 2.28. The van der Waals surface area contributed by atoms with Crippen LogP contribution in [-0.4, -0.2) is 11.1 Å². The van der Waals surface area contributed by atoms with Gasteiger partial charge in [0, 0.05) is 17.7 Å². The molecular formula is C13H20ClF2NO. The van der Waals surface area contributed by atoms with Gasteiger partial charge in [0.1, 0.15) is 11.6 Å². The molecule has 0 aliphatic heterocycles. The smallest absolute Gasteiger partial charge is 0.131 e. The summed E-state index contributed by atoms with van der Waals surface area (Å²) in [5.41, 5.74) is 5.83. The van der Waals surface area contributed by atoms with E-state index in [2.05, 4.69) is 0 Å². The minimum absolute atomic E-state index is 0. The summed E-state index contributed by atoms with van der Waals surface area (Å²) in [6.07, 6.45) is -0.767. The van der Waals surface area contributed by atoms with Gasteiger partial charge in [-0.15, -0.1) is 12.4 Å². The van der Waals surface area contributed by atoms with Crippen molar-refractivity contribution in [1.82, 2.24) is 0 Å². The Kier molecular flexibility index (Phi) is 6.20. The molecule has 0 spiro atoms. The van der Waals surface area contributed by atoms with Crippen molar-refractivity contribution in [2.24, 2.45) is 11.1 Å². The number of hydrogen-bond donors (Lipinski definition) is 2. The summed E-state index contributed by atoms with van der Waals surface area (Å²) in [4.78, 5) is 0. The molecule has 0 unspecified atom stereocenters. The number of rotatable bonds is 3. The van der Waals surface area contributed by atoms with Gasteiger partial charge in [0.2, 0.25) is 0 Å². The quantitative estimate of drug-likeness (QED) is 0.893. The van der Waals surface area contributed by atoms with E-state index in [1.54, 1.807) is 0 Å². The van der Waals surface area contributed by atoms with Crippen LogP contribution in [0.3, 0.4) is 0 Å². The monoisotopic (exact) mass is 279 g/mol. The Morgan fingerprint density at radius 2 is 1.83 bits per heavy atom. The minimum atomic E-state index is -1.01. The maximum Gasteiger partial charge on any atom is 0.131 e. The molecule has 18 heavy (non-hydrogen) atoms. The maximum absolute atomic E-state index is 13.4. The van der Waals surface area contributed by atoms with Crippen LogP contribution < -0.4 is 5.73 Å². The summed E-state index contributed by atoms with van der Waals surface area (Å²) < 4.78 is 26.1. The van der Waals surface area contributed by atoms with Gasteiger partial charge in [-0.1, -0.05) is 26.8 Å². The number of hydrogen-bond acceptors (Lipinski definition) is 2. The Balaban J connectivity index is 0.00000289. The van der Waals surface area contributed by atoms with Crippen molar-refractivity contribution in [3.63, 3.8) is 0 Å². The standard InChI is InChI=1S/C13H19F2NO.ClH/c1-13(2,3)12(16)7-11(17)9-5-4-8(14)6-10(9)15;/h4-6,11-12,17H,7,16H2,1-3H3;1H/t11-,12+;/m1./s1. The fraction of sp³-hybridized carbons (Fsp3) is 0.538. The number of halogens is 3. The molecule has 5 heteroatoms. The Bertz CT molecular complexity index is 393. The first kappa shape index (κ1) is 17.3. The van der Waals surface area contributed by atoms with E-state index < -0.39 is 17.7 Å². The zero-order chi connectivity index (χ0) is 13.2. The molecule has 0 radical (unpaired) electrons. The van der Waals surface area contributed by atoms with Crippen molar-refractivity contribution >= 4 is 12.4 Å². The summed E-state index contributed by atoms with van der Waals surface area (Å²) in [5, 5.41) is 9.88. The fourth-order valence-electron chi connectivity index (χ4n) is 1.49. The van der Waals surface area contributed by atoms with E-state index in [1.165, 1.54) is 6.07 Å². The van der Waals surface area contributed by atoms with Gasteiger partial charge >= 0.3 is 0 Å². The molecule has 1 aromatic rings. The Labute approximate surface area is 113 Å². The summed E-state index contributed by atoms with van der Waals surface area (Å²) in [6, 6.07) is 2.89. The molecular weight excluding hydrogens is 260 g/mol. The predicted octanol–water partition coefficient (Wildman–Crippen LogP) is 3.18. The average Bonchev–Trinajstić information content (AvgIpc) is 2.15. The van der Waals surface area contributed by atoms with E-state index in [0.717, 1.165) is 12.1 Å². The fourth-order valence-corrected chi connectivity index (χ4v) is 1.49. The second-order valence-electron chi connectivity index (χ2n) is 5.39. The van der Waals surface area contributed by atoms with E-state index in [4.69, 9.17) is 5.73 Å². The minimum Gasteiger partial charge on any atom is -0.388 e. The first-order chi connectivity index (χ1) is 7.71. The van der Waals surface area contributed by atoms with E-state index in [1.807, 2.05) is 20.8 Å². The average molecular weight is 280 g/mol. The summed E-state index contributed by atoms with van der Waals surface area (Å²) >= 11 is 0. The van der Waals surface area contributed by atoms with Crippen molar-refractivity contribution in [2.75, 3.05) is 0 Å². The lowest BCUT2D eigenvalue weighted by molar-refractivity contribution is 0.130. The zero-order valence-corrected chi connectivity index (χ0v) is 11.6. The third-order valence-electron chi connectivity index (χ3n) is 2.91. The topological polar surface area (TPSA) is 46.2 Å². The van der Waals surface area contributed by atoms with Crippen LogP contribution in [0.1, 0.15) is 38.9 Å². The van der Waals surface area contributed by atoms with Gasteiger partial charge in [-0.3, -0.25) is 0 Å². The van der Waals surface area contributed by atoms with Crippen molar-refractivity contribution in [3.8, 4) is 0 Å². The lowest BCUT2D eigenvalue weighted by atomic mass is 9.83. The molecule has 0 aromatic heterocycles. The van der Waals surface area contributed by atoms with Crippen molar-refractivity contribution in [1.29, 1.82) is 0 Å². The Morgan fingerprint density at radius 3 is 2.28 bits per heavy atom. The third kappa shape index (κ3) is 4.52. The van der Waals surface area contributed by atoms with Crippen LogP contribution in [0.25, 0.3) is 0 Å². The van der Waals surface area contributed by atoms with Crippen molar-refractivity contribution in [2.45, 2.75) is 39.3 Å². The molecule has 1 rings (SSSR count). The van der Waals surface area contributed by atoms with Gasteiger partial charge in [-0.05, 0) is 17.9 Å². The zero-order valence-electron chi connectivity index (χ0n) is 10.8. The number of benzene rings is 1. The summed E-state index contributed by atoms with van der Waals surface area (Å²) in [5.74, 6) is -1.39. The first-order valence-electron chi connectivity index (χ1n) is 5.60. The molecule has 3 N–H and O–H groups in total. The van der Waals surface area contributed by atoms with Crippen LogP contribution >= 0.6 is 12.4 Å². The van der Waals surface area contributed by atoms with Crippen LogP contribution in [0.15, 0.2) is 18.2 Å². The highest BCUT2D eigenvalue weighted by molar-refractivity contribution is 5.85. The molecule has 0 amide bonds. The highest BCUT2D eigenvalue weighted by atomic mass is 35.5. The van der Waals surface area contributed by atoms with Gasteiger partial charge in [-0.2, -0.15) is 0 Å². The van der Waals surface area contributed by atoms with Crippen LogP contribution in [0.5, 0.6) is 0 Å². The second kappa shape index (κ2) is 6.45. The predicted molar refractivity (Wildman–Crippen MR) is 70.6 cm³/mol. The number of aliphatic hydroxyl groups is 1. The van der Waals surface area contributed by atoms with Crippen molar-refractivity contribution < 1.29 is 13.9 Å². The molecule has 0 aliphatic rings. The molecule has 0 saturated heterocycles. The largest absolute Gasteiger partial charge is 0.388 e. The second-order valence-corrected chi connectivity index (χ2v) is 5.39. The molecule has 0 saturated carbocycles. The van der Waals surface area contributed by atoms with Gasteiger partial charge in [0.25, 0.3) is 0 Å². The van der Waals surface area contributed by atoms with Gasteiger partial charge in [-0.25, -0.2) is 8.78 Å². The maximum atomic E-state index is 13.4. The molecule has 1 aromatic carbocycles. The van der Waals surface area contributed by atoms with Crippen molar-refractivity contribution in [3.05, 3.63) is 35.4 Å². The Morgan fingerprint density at radius 1 is 1.28 bits per heavy atom. The Hall–Kier alpha value is -0.710. The highest BCUT2D eigenvalue weighted by Gasteiger charge is 2.25. The molecule has 104 valence electrons.